The van der Waals surface area contributed by atoms with E-state index in [1.807, 2.05) is 0 Å². The summed E-state index contributed by atoms with van der Waals surface area (Å²) < 4.78 is 5.01. The number of fused-ring (bicyclic) bond motifs is 1. The predicted octanol–water partition coefficient (Wildman–Crippen LogP) is -1.74. The van der Waals surface area contributed by atoms with Crippen LogP contribution >= 0.6 is 35.1 Å². The van der Waals surface area contributed by atoms with E-state index in [0.29, 0.717) is 11.3 Å². The average Bonchev–Trinajstić information content (AvgIpc) is 3.37. The molecule has 5 N–H and O–H groups in total. The number of carbonyl (C=O) groups excluding carboxylic acids is 2. The van der Waals surface area contributed by atoms with Crippen LogP contribution in [-0.4, -0.2) is 91.4 Å². The number of hydrogen-bond donors (Lipinski definition) is 4. The number of amides is 2. The number of aromatic nitrogens is 6. The molecule has 2 atom stereocenters. The van der Waals surface area contributed by atoms with Gasteiger partial charge in [-0.15, -0.1) is 16.9 Å². The van der Waals surface area contributed by atoms with Crippen LogP contribution in [0.2, 0.25) is 0 Å². The summed E-state index contributed by atoms with van der Waals surface area (Å²) in [6.45, 7) is -0.438. The maximum atomic E-state index is 12.7. The minimum Gasteiger partial charge on any atom is -0.480 e. The number of aliphatic carboxylic acids is 2. The molecule has 2 aromatic heterocycles. The molecule has 18 heteroatoms. The maximum absolute atomic E-state index is 12.7. The van der Waals surface area contributed by atoms with E-state index in [9.17, 15) is 24.3 Å². The summed E-state index contributed by atoms with van der Waals surface area (Å²) in [5, 5.41) is 31.9. The van der Waals surface area contributed by atoms with Gasteiger partial charge in [-0.1, -0.05) is 11.8 Å². The normalized spacial score (nSPS) is 19.8. The molecule has 15 nitrogen and oxygen atoms in total. The number of nitrogen functional groups attached to an aromatic ring is 1. The van der Waals surface area contributed by atoms with E-state index in [-0.39, 0.29) is 34.0 Å². The van der Waals surface area contributed by atoms with Gasteiger partial charge in [0, 0.05) is 23.0 Å². The second kappa shape index (κ2) is 9.32. The zero-order chi connectivity index (χ0) is 23.7. The second-order valence-electron chi connectivity index (χ2n) is 6.74. The minimum atomic E-state index is -1.28. The van der Waals surface area contributed by atoms with Gasteiger partial charge in [0.2, 0.25) is 11.1 Å². The number of nitrogens with two attached hydrogens (primary N) is 1. The summed E-state index contributed by atoms with van der Waals surface area (Å²) >= 11 is 3.33. The number of tetrazole rings is 1. The summed E-state index contributed by atoms with van der Waals surface area (Å²) in [4.78, 5) is 52.8. The van der Waals surface area contributed by atoms with E-state index in [2.05, 4.69) is 30.2 Å². The fourth-order valence-corrected chi connectivity index (χ4v) is 5.99. The number of carboxylic acid groups (broad SMARTS) is 2. The van der Waals surface area contributed by atoms with Crippen molar-refractivity contribution in [1.29, 1.82) is 0 Å². The molecule has 0 unspecified atom stereocenters. The van der Waals surface area contributed by atoms with E-state index in [1.54, 1.807) is 0 Å². The van der Waals surface area contributed by atoms with Gasteiger partial charge in [-0.3, -0.25) is 19.3 Å². The Morgan fingerprint density at radius 1 is 1.30 bits per heavy atom. The molecule has 1 fully saturated rings. The number of nitrogens with one attached hydrogen (secondary N) is 1. The number of nitrogens with zero attached hydrogens (tertiary/aromatic N) is 7. The number of carbonyl (C=O) groups is 4. The summed E-state index contributed by atoms with van der Waals surface area (Å²) in [5.74, 6) is -2.74. The molecule has 0 spiro atoms. The van der Waals surface area contributed by atoms with Gasteiger partial charge in [0.15, 0.2) is 11.0 Å². The monoisotopic (exact) mass is 513 g/mol. The molecule has 4 rings (SSSR count). The fourth-order valence-electron chi connectivity index (χ4n) is 3.18. The van der Waals surface area contributed by atoms with E-state index >= 15 is 0 Å². The quantitative estimate of drug-likeness (QED) is 0.216. The zero-order valence-corrected chi connectivity index (χ0v) is 18.9. The van der Waals surface area contributed by atoms with Gasteiger partial charge >= 0.3 is 11.9 Å². The van der Waals surface area contributed by atoms with Gasteiger partial charge in [0.05, 0.1) is 6.42 Å². The smallest absolute Gasteiger partial charge is 0.352 e. The number of β-lactam (4-membered cyclic amide) rings is 1. The first-order valence-electron chi connectivity index (χ1n) is 9.12. The molecule has 2 aromatic rings. The molecule has 0 aliphatic carbocycles. The van der Waals surface area contributed by atoms with Crippen molar-refractivity contribution in [2.75, 3.05) is 17.2 Å². The third-order valence-corrected chi connectivity index (χ3v) is 7.49. The van der Waals surface area contributed by atoms with Crippen LogP contribution in [0.15, 0.2) is 16.4 Å². The van der Waals surface area contributed by atoms with Crippen molar-refractivity contribution in [3.05, 3.63) is 17.1 Å². The van der Waals surface area contributed by atoms with Crippen LogP contribution in [0, 0.1) is 0 Å². The molecule has 2 amide bonds. The minimum absolute atomic E-state index is 0.138. The van der Waals surface area contributed by atoms with Crippen molar-refractivity contribution in [2.45, 2.75) is 29.5 Å². The Bertz CT molecular complexity index is 1160. The van der Waals surface area contributed by atoms with Crippen LogP contribution in [0.4, 0.5) is 5.13 Å². The highest BCUT2D eigenvalue weighted by molar-refractivity contribution is 8.01. The third-order valence-electron chi connectivity index (χ3n) is 4.53. The molecule has 4 heterocycles. The number of rotatable bonds is 9. The van der Waals surface area contributed by atoms with E-state index in [1.165, 1.54) is 11.8 Å². The van der Waals surface area contributed by atoms with Crippen LogP contribution in [0.1, 0.15) is 5.82 Å². The molecular formula is C15H15N9O6S3. The van der Waals surface area contributed by atoms with Gasteiger partial charge in [-0.05, 0) is 16.0 Å². The second-order valence-corrected chi connectivity index (χ2v) is 9.57. The highest BCUT2D eigenvalue weighted by Crippen LogP contribution is 2.41. The molecular weight excluding hydrogens is 498 g/mol. The lowest BCUT2D eigenvalue weighted by atomic mass is 10.0. The van der Waals surface area contributed by atoms with Gasteiger partial charge in [-0.25, -0.2) is 14.5 Å². The molecule has 0 saturated carbocycles. The standard InChI is InChI=1S/C15H15N9O6S3/c16-14-17-6(20-33-14)1-7(25)18-9-11(28)24-10(13(29)30)5(3-31-12(9)24)4-32-15-19-21-22-23(15)2-8(26)27/h9,12H,1-4H2,(H,18,25)(H,26,27)(H,29,30)(H2,16,17,20)/t9-,12-/m1/s1. The highest BCUT2D eigenvalue weighted by atomic mass is 32.2. The van der Waals surface area contributed by atoms with Crippen molar-refractivity contribution in [1.82, 2.24) is 39.8 Å². The maximum Gasteiger partial charge on any atom is 0.352 e. The number of thioether (sulfide) groups is 2. The van der Waals surface area contributed by atoms with Crippen molar-refractivity contribution in [2.24, 2.45) is 0 Å². The first-order valence-corrected chi connectivity index (χ1v) is 11.9. The van der Waals surface area contributed by atoms with Gasteiger partial charge < -0.3 is 21.3 Å². The molecule has 1 saturated heterocycles. The van der Waals surface area contributed by atoms with Crippen molar-refractivity contribution in [3.63, 3.8) is 0 Å². The van der Waals surface area contributed by atoms with Crippen LogP contribution < -0.4 is 11.1 Å². The van der Waals surface area contributed by atoms with Gasteiger partial charge in [0.25, 0.3) is 5.91 Å². The third kappa shape index (κ3) is 4.76. The van der Waals surface area contributed by atoms with Crippen LogP contribution in [-0.2, 0) is 32.1 Å². The van der Waals surface area contributed by atoms with Crippen LogP contribution in [0.3, 0.4) is 0 Å². The first kappa shape index (κ1) is 22.9. The summed E-state index contributed by atoms with van der Waals surface area (Å²) in [6, 6.07) is -0.870. The highest BCUT2D eigenvalue weighted by Gasteiger charge is 2.54. The lowest BCUT2D eigenvalue weighted by Crippen LogP contribution is -2.70. The lowest BCUT2D eigenvalue weighted by Gasteiger charge is -2.49. The average molecular weight is 514 g/mol. The Balaban J connectivity index is 1.43. The van der Waals surface area contributed by atoms with Crippen molar-refractivity contribution < 1.29 is 29.4 Å². The van der Waals surface area contributed by atoms with Gasteiger partial charge in [0.1, 0.15) is 23.7 Å². The SMILES string of the molecule is Nc1nc(CC(=O)N[C@@H]2C(=O)N3C(C(=O)O)=C(CSc4nnnn4CC(=O)O)CS[C@H]23)ns1. The Kier molecular flexibility index (Phi) is 6.47. The summed E-state index contributed by atoms with van der Waals surface area (Å²) in [5.41, 5.74) is 5.79. The Morgan fingerprint density at radius 2 is 2.09 bits per heavy atom. The predicted molar refractivity (Wildman–Crippen MR) is 114 cm³/mol. The molecule has 2 aliphatic heterocycles. The van der Waals surface area contributed by atoms with Crippen LogP contribution in [0.5, 0.6) is 0 Å². The Morgan fingerprint density at radius 3 is 2.76 bits per heavy atom. The Labute approximate surface area is 197 Å². The van der Waals surface area contributed by atoms with Crippen LogP contribution in [0.25, 0.3) is 0 Å². The topological polar surface area (TPSA) is 219 Å². The fraction of sp³-hybridized carbons (Fsp3) is 0.400. The van der Waals surface area contributed by atoms with Gasteiger partial charge in [-0.2, -0.15) is 4.37 Å². The first-order chi connectivity index (χ1) is 15.7. The molecule has 2 aliphatic rings. The lowest BCUT2D eigenvalue weighted by molar-refractivity contribution is -0.150. The number of carboxylic acids is 2. The molecule has 0 bridgehead atoms. The summed E-state index contributed by atoms with van der Waals surface area (Å²) in [6.07, 6.45) is -0.149. The molecule has 0 radical (unpaired) electrons. The largest absolute Gasteiger partial charge is 0.480 e. The molecule has 0 aromatic carbocycles. The number of anilines is 1. The van der Waals surface area contributed by atoms with E-state index in [4.69, 9.17) is 10.8 Å². The summed E-state index contributed by atoms with van der Waals surface area (Å²) in [7, 11) is 0. The van der Waals surface area contributed by atoms with Crippen molar-refractivity contribution in [3.8, 4) is 0 Å². The molecule has 33 heavy (non-hydrogen) atoms. The zero-order valence-electron chi connectivity index (χ0n) is 16.4. The Hall–Kier alpha value is -3.25. The van der Waals surface area contributed by atoms with E-state index < -0.39 is 41.7 Å². The number of hydrogen-bond acceptors (Lipinski definition) is 13. The van der Waals surface area contributed by atoms with E-state index in [0.717, 1.165) is 32.9 Å². The van der Waals surface area contributed by atoms with Crippen molar-refractivity contribution >= 4 is 63.9 Å². The molecule has 174 valence electrons.